The van der Waals surface area contributed by atoms with Gasteiger partial charge in [-0.3, -0.25) is 0 Å². The van der Waals surface area contributed by atoms with Crippen LogP contribution < -0.4 is 15.2 Å². The lowest BCUT2D eigenvalue weighted by Gasteiger charge is -2.12. The van der Waals surface area contributed by atoms with Crippen molar-refractivity contribution in [1.29, 1.82) is 5.26 Å². The van der Waals surface area contributed by atoms with Crippen LogP contribution in [0, 0.1) is 11.3 Å². The van der Waals surface area contributed by atoms with E-state index in [1.54, 1.807) is 31.2 Å². The van der Waals surface area contributed by atoms with Crippen LogP contribution in [0.4, 0.5) is 5.69 Å². The van der Waals surface area contributed by atoms with E-state index < -0.39 is 15.3 Å². The average molecular weight is 283 g/mol. The Bertz CT molecular complexity index is 578. The van der Waals surface area contributed by atoms with Crippen LogP contribution in [0.5, 0.6) is 5.75 Å². The van der Waals surface area contributed by atoms with Crippen molar-refractivity contribution in [2.75, 3.05) is 12.8 Å². The smallest absolute Gasteiger partial charge is 0.228 e. The number of nitrogens with zero attached hydrogens (tertiary/aromatic N) is 1. The van der Waals surface area contributed by atoms with Gasteiger partial charge in [0.15, 0.2) is 5.25 Å². The number of rotatable bonds is 6. The fraction of sp³-hybridized carbons (Fsp3) is 0.417. The first-order chi connectivity index (χ1) is 8.94. The number of ether oxygens (including phenoxy) is 1. The third-order valence-corrected chi connectivity index (χ3v) is 4.39. The maximum atomic E-state index is 11.8. The normalized spacial score (nSPS) is 12.7. The highest BCUT2D eigenvalue weighted by molar-refractivity contribution is 7.90. The molecule has 1 atom stereocenters. The number of hydrogen-bond acceptors (Lipinski definition) is 5. The Morgan fingerprint density at radius 3 is 2.74 bits per heavy atom. The first-order valence-corrected chi connectivity index (χ1v) is 7.29. The quantitative estimate of drug-likeness (QED) is 0.758. The van der Waals surface area contributed by atoms with E-state index in [-0.39, 0.29) is 13.0 Å². The lowest BCUT2D eigenvalue weighted by molar-refractivity contribution is 0.409. The van der Waals surface area contributed by atoms with E-state index in [0.29, 0.717) is 17.0 Å². The molecule has 6 nitrogen and oxygen atoms in total. The summed E-state index contributed by atoms with van der Waals surface area (Å²) in [5.41, 5.74) is 6.79. The molecule has 0 radical (unpaired) electrons. The summed E-state index contributed by atoms with van der Waals surface area (Å²) in [5, 5.41) is 7.73. The molecule has 1 rings (SSSR count). The summed E-state index contributed by atoms with van der Waals surface area (Å²) in [4.78, 5) is 0. The van der Waals surface area contributed by atoms with Crippen molar-refractivity contribution in [3.8, 4) is 11.8 Å². The largest absolute Gasteiger partial charge is 0.496 e. The molecule has 1 aromatic rings. The Hall–Kier alpha value is -1.78. The van der Waals surface area contributed by atoms with E-state index in [0.717, 1.165) is 0 Å². The number of sulfonamides is 1. The molecule has 3 N–H and O–H groups in total. The van der Waals surface area contributed by atoms with Gasteiger partial charge in [-0.2, -0.15) is 5.26 Å². The molecular formula is C12H17N3O3S. The molecular weight excluding hydrogens is 266 g/mol. The van der Waals surface area contributed by atoms with Crippen molar-refractivity contribution in [2.24, 2.45) is 0 Å². The summed E-state index contributed by atoms with van der Waals surface area (Å²) < 4.78 is 31.2. The van der Waals surface area contributed by atoms with Gasteiger partial charge in [0.1, 0.15) is 5.75 Å². The number of hydrogen-bond donors (Lipinski definition) is 2. The zero-order chi connectivity index (χ0) is 14.5. The van der Waals surface area contributed by atoms with Gasteiger partial charge in [0.2, 0.25) is 10.0 Å². The van der Waals surface area contributed by atoms with Gasteiger partial charge in [-0.05, 0) is 24.6 Å². The molecule has 0 saturated carbocycles. The number of methoxy groups -OCH3 is 1. The average Bonchev–Trinajstić information content (AvgIpc) is 2.38. The van der Waals surface area contributed by atoms with Gasteiger partial charge in [0.25, 0.3) is 0 Å². The molecule has 0 bridgehead atoms. The van der Waals surface area contributed by atoms with E-state index in [1.165, 1.54) is 7.11 Å². The SMILES string of the molecule is CCC(C#N)S(=O)(=O)NCc1cc(N)ccc1OC. The number of nitrogen functional groups attached to an aromatic ring is 1. The standard InChI is InChI=1S/C12H17N3O3S/c1-3-11(7-13)19(16,17)15-8-9-6-10(14)4-5-12(9)18-2/h4-6,11,15H,3,8,14H2,1-2H3. The Labute approximate surface area is 113 Å². The van der Waals surface area contributed by atoms with Gasteiger partial charge in [-0.15, -0.1) is 0 Å². The van der Waals surface area contributed by atoms with Crippen LogP contribution in [0.15, 0.2) is 18.2 Å². The van der Waals surface area contributed by atoms with E-state index in [4.69, 9.17) is 15.7 Å². The number of nitrogens with two attached hydrogens (primary N) is 1. The molecule has 7 heteroatoms. The summed E-state index contributed by atoms with van der Waals surface area (Å²) in [5.74, 6) is 0.543. The van der Waals surface area contributed by atoms with Crippen molar-refractivity contribution in [3.05, 3.63) is 23.8 Å². The van der Waals surface area contributed by atoms with Crippen molar-refractivity contribution < 1.29 is 13.2 Å². The molecule has 0 heterocycles. The zero-order valence-corrected chi connectivity index (χ0v) is 11.7. The molecule has 0 aliphatic rings. The van der Waals surface area contributed by atoms with Crippen LogP contribution in [0.3, 0.4) is 0 Å². The maximum absolute atomic E-state index is 11.8. The van der Waals surface area contributed by atoms with E-state index in [9.17, 15) is 8.42 Å². The summed E-state index contributed by atoms with van der Waals surface area (Å²) in [6.07, 6.45) is 0.236. The Morgan fingerprint density at radius 1 is 1.53 bits per heavy atom. The van der Waals surface area contributed by atoms with Crippen LogP contribution >= 0.6 is 0 Å². The minimum Gasteiger partial charge on any atom is -0.496 e. The van der Waals surface area contributed by atoms with Crippen molar-refractivity contribution >= 4 is 15.7 Å². The zero-order valence-electron chi connectivity index (χ0n) is 10.9. The highest BCUT2D eigenvalue weighted by Gasteiger charge is 2.23. The minimum absolute atomic E-state index is 0.0364. The highest BCUT2D eigenvalue weighted by atomic mass is 32.2. The number of anilines is 1. The Balaban J connectivity index is 2.88. The van der Waals surface area contributed by atoms with Gasteiger partial charge in [0.05, 0.1) is 13.2 Å². The lowest BCUT2D eigenvalue weighted by atomic mass is 10.2. The molecule has 1 unspecified atom stereocenters. The molecule has 104 valence electrons. The van der Waals surface area contributed by atoms with Crippen LogP contribution in [0.2, 0.25) is 0 Å². The monoisotopic (exact) mass is 283 g/mol. The van der Waals surface area contributed by atoms with Gasteiger partial charge in [-0.1, -0.05) is 6.92 Å². The molecule has 0 aromatic heterocycles. The van der Waals surface area contributed by atoms with Gasteiger partial charge in [-0.25, -0.2) is 13.1 Å². The lowest BCUT2D eigenvalue weighted by Crippen LogP contribution is -2.32. The summed E-state index contributed by atoms with van der Waals surface area (Å²) in [6, 6.07) is 6.73. The topological polar surface area (TPSA) is 105 Å². The number of benzene rings is 1. The van der Waals surface area contributed by atoms with Gasteiger partial charge in [0, 0.05) is 17.8 Å². The van der Waals surface area contributed by atoms with Crippen molar-refractivity contribution in [3.63, 3.8) is 0 Å². The molecule has 0 aliphatic carbocycles. The van der Waals surface area contributed by atoms with Gasteiger partial charge >= 0.3 is 0 Å². The van der Waals surface area contributed by atoms with Crippen molar-refractivity contribution in [2.45, 2.75) is 25.1 Å². The second-order valence-electron chi connectivity index (χ2n) is 3.96. The molecule has 1 aromatic carbocycles. The van der Waals surface area contributed by atoms with E-state index in [2.05, 4.69) is 4.72 Å². The summed E-state index contributed by atoms with van der Waals surface area (Å²) >= 11 is 0. The summed E-state index contributed by atoms with van der Waals surface area (Å²) in [6.45, 7) is 1.68. The van der Waals surface area contributed by atoms with Gasteiger partial charge < -0.3 is 10.5 Å². The third-order valence-electron chi connectivity index (χ3n) is 2.66. The number of nitrogens with one attached hydrogen (secondary N) is 1. The molecule has 0 aliphatic heterocycles. The highest BCUT2D eigenvalue weighted by Crippen LogP contribution is 2.21. The van der Waals surface area contributed by atoms with Crippen LogP contribution in [-0.2, 0) is 16.6 Å². The van der Waals surface area contributed by atoms with Crippen molar-refractivity contribution in [1.82, 2.24) is 4.72 Å². The molecule has 0 fully saturated rings. The molecule has 0 amide bonds. The first-order valence-electron chi connectivity index (χ1n) is 5.75. The van der Waals surface area contributed by atoms with E-state index >= 15 is 0 Å². The predicted molar refractivity (Wildman–Crippen MR) is 72.9 cm³/mol. The third kappa shape index (κ3) is 3.84. The Morgan fingerprint density at radius 2 is 2.21 bits per heavy atom. The first kappa shape index (κ1) is 15.3. The van der Waals surface area contributed by atoms with Crippen LogP contribution in [-0.4, -0.2) is 20.8 Å². The second-order valence-corrected chi connectivity index (χ2v) is 5.91. The summed E-state index contributed by atoms with van der Waals surface area (Å²) in [7, 11) is -2.17. The fourth-order valence-electron chi connectivity index (χ4n) is 1.60. The minimum atomic E-state index is -3.67. The maximum Gasteiger partial charge on any atom is 0.228 e. The molecule has 0 spiro atoms. The predicted octanol–water partition coefficient (Wildman–Crippen LogP) is 0.999. The van der Waals surface area contributed by atoms with E-state index in [1.807, 2.05) is 0 Å². The molecule has 19 heavy (non-hydrogen) atoms. The number of nitriles is 1. The van der Waals surface area contributed by atoms with Crippen LogP contribution in [0.25, 0.3) is 0 Å². The fourth-order valence-corrected chi connectivity index (χ4v) is 2.73. The molecule has 0 saturated heterocycles. The Kier molecular flexibility index (Phi) is 5.15. The van der Waals surface area contributed by atoms with Crippen LogP contribution in [0.1, 0.15) is 18.9 Å². The second kappa shape index (κ2) is 6.41.